The Balaban J connectivity index is 1.86. The van der Waals surface area contributed by atoms with Gasteiger partial charge in [-0.3, -0.25) is 0 Å². The van der Waals surface area contributed by atoms with Crippen LogP contribution in [0.3, 0.4) is 0 Å². The average molecular weight is 283 g/mol. The van der Waals surface area contributed by atoms with E-state index in [9.17, 15) is 0 Å². The molecule has 2 saturated carbocycles. The van der Waals surface area contributed by atoms with Gasteiger partial charge in [0, 0.05) is 6.04 Å². The number of fused-ring (bicyclic) bond motifs is 3. The van der Waals surface area contributed by atoms with Gasteiger partial charge in [0.05, 0.1) is 6.33 Å². The SMILES string of the molecule is Clc1nc(Cl)c2ncn([C@@H]3C[C@H]4CC[C@@H]3C4)c2n1. The Morgan fingerprint density at radius 1 is 1.17 bits per heavy atom. The van der Waals surface area contributed by atoms with Gasteiger partial charge in [-0.1, -0.05) is 18.0 Å². The van der Waals surface area contributed by atoms with Crippen molar-refractivity contribution in [2.45, 2.75) is 31.7 Å². The smallest absolute Gasteiger partial charge is 0.225 e. The van der Waals surface area contributed by atoms with E-state index in [0.29, 0.717) is 16.7 Å². The molecule has 0 saturated heterocycles. The summed E-state index contributed by atoms with van der Waals surface area (Å²) in [4.78, 5) is 12.6. The van der Waals surface area contributed by atoms with Gasteiger partial charge in [-0.25, -0.2) is 9.97 Å². The van der Waals surface area contributed by atoms with Gasteiger partial charge in [-0.05, 0) is 42.7 Å². The summed E-state index contributed by atoms with van der Waals surface area (Å²) in [7, 11) is 0. The van der Waals surface area contributed by atoms with Crippen molar-refractivity contribution in [3.05, 3.63) is 16.8 Å². The molecule has 0 amide bonds. The van der Waals surface area contributed by atoms with E-state index in [-0.39, 0.29) is 5.28 Å². The lowest BCUT2D eigenvalue weighted by molar-refractivity contribution is 0.334. The molecule has 6 heteroatoms. The molecule has 2 aliphatic rings. The van der Waals surface area contributed by atoms with E-state index in [2.05, 4.69) is 19.5 Å². The standard InChI is InChI=1S/C12H12Cl2N4/c13-10-9-11(17-12(14)16-10)18(5-15-9)8-4-6-1-2-7(8)3-6/h5-8H,1-4H2/t6-,7+,8+/m0/s1. The molecule has 0 spiro atoms. The minimum Gasteiger partial charge on any atom is -0.312 e. The van der Waals surface area contributed by atoms with Gasteiger partial charge in [0.2, 0.25) is 5.28 Å². The van der Waals surface area contributed by atoms with E-state index in [1.165, 1.54) is 25.7 Å². The van der Waals surface area contributed by atoms with Crippen molar-refractivity contribution in [2.75, 3.05) is 0 Å². The van der Waals surface area contributed by atoms with Gasteiger partial charge in [-0.15, -0.1) is 0 Å². The summed E-state index contributed by atoms with van der Waals surface area (Å²) < 4.78 is 2.15. The second-order valence-electron chi connectivity index (χ2n) is 5.35. The summed E-state index contributed by atoms with van der Waals surface area (Å²) in [5, 5.41) is 0.532. The van der Waals surface area contributed by atoms with Crippen LogP contribution in [-0.2, 0) is 0 Å². The summed E-state index contributed by atoms with van der Waals surface area (Å²) in [5.41, 5.74) is 1.43. The van der Waals surface area contributed by atoms with Gasteiger partial charge in [-0.2, -0.15) is 4.98 Å². The first-order valence-electron chi connectivity index (χ1n) is 6.28. The Hall–Kier alpha value is -0.870. The van der Waals surface area contributed by atoms with Crippen LogP contribution in [0, 0.1) is 11.8 Å². The molecule has 0 aromatic carbocycles. The molecule has 3 atom stereocenters. The molecule has 2 aliphatic carbocycles. The lowest BCUT2D eigenvalue weighted by Crippen LogP contribution is -2.15. The minimum absolute atomic E-state index is 0.192. The third-order valence-electron chi connectivity index (χ3n) is 4.41. The van der Waals surface area contributed by atoms with Crippen molar-refractivity contribution in [1.82, 2.24) is 19.5 Å². The first-order valence-corrected chi connectivity index (χ1v) is 7.03. The van der Waals surface area contributed by atoms with Crippen LogP contribution in [0.4, 0.5) is 0 Å². The van der Waals surface area contributed by atoms with E-state index in [0.717, 1.165) is 17.5 Å². The van der Waals surface area contributed by atoms with Gasteiger partial charge >= 0.3 is 0 Å². The number of halogens is 2. The highest BCUT2D eigenvalue weighted by molar-refractivity contribution is 6.35. The molecule has 0 unspecified atom stereocenters. The summed E-state index contributed by atoms with van der Waals surface area (Å²) >= 11 is 11.9. The molecule has 2 aromatic rings. The van der Waals surface area contributed by atoms with Crippen molar-refractivity contribution in [2.24, 2.45) is 11.8 Å². The quantitative estimate of drug-likeness (QED) is 0.594. The Morgan fingerprint density at radius 2 is 2.06 bits per heavy atom. The normalized spacial score (nSPS) is 30.4. The third kappa shape index (κ3) is 1.48. The number of nitrogens with zero attached hydrogens (tertiary/aromatic N) is 4. The van der Waals surface area contributed by atoms with E-state index in [1.807, 2.05) is 6.33 Å². The number of imidazole rings is 1. The summed E-state index contributed by atoms with van der Waals surface area (Å²) in [6, 6.07) is 0.510. The fraction of sp³-hybridized carbons (Fsp3) is 0.583. The molecule has 2 fully saturated rings. The van der Waals surface area contributed by atoms with Crippen LogP contribution in [-0.4, -0.2) is 19.5 Å². The van der Waals surface area contributed by atoms with Crippen molar-refractivity contribution in [3.8, 4) is 0 Å². The lowest BCUT2D eigenvalue weighted by atomic mass is 9.95. The second-order valence-corrected chi connectivity index (χ2v) is 6.05. The number of aromatic nitrogens is 4. The van der Waals surface area contributed by atoms with E-state index < -0.39 is 0 Å². The highest BCUT2D eigenvalue weighted by Gasteiger charge is 2.41. The Labute approximate surface area is 114 Å². The Bertz CT molecular complexity index is 624. The van der Waals surface area contributed by atoms with Crippen LogP contribution in [0.25, 0.3) is 11.2 Å². The molecule has 18 heavy (non-hydrogen) atoms. The maximum atomic E-state index is 6.05. The molecule has 0 radical (unpaired) electrons. The zero-order valence-electron chi connectivity index (χ0n) is 9.68. The fourth-order valence-corrected chi connectivity index (χ4v) is 4.07. The Kier molecular flexibility index (Phi) is 2.33. The fourth-order valence-electron chi connectivity index (χ4n) is 3.65. The number of hydrogen-bond donors (Lipinski definition) is 0. The van der Waals surface area contributed by atoms with Gasteiger partial charge < -0.3 is 4.57 Å². The van der Waals surface area contributed by atoms with Crippen LogP contribution in [0.1, 0.15) is 31.7 Å². The average Bonchev–Trinajstić information content (AvgIpc) is 3.00. The van der Waals surface area contributed by atoms with Crippen molar-refractivity contribution in [3.63, 3.8) is 0 Å². The highest BCUT2D eigenvalue weighted by Crippen LogP contribution is 2.51. The Morgan fingerprint density at radius 3 is 2.78 bits per heavy atom. The van der Waals surface area contributed by atoms with Gasteiger partial charge in [0.15, 0.2) is 10.8 Å². The van der Waals surface area contributed by atoms with Crippen molar-refractivity contribution >= 4 is 34.4 Å². The monoisotopic (exact) mass is 282 g/mol. The van der Waals surface area contributed by atoms with Crippen LogP contribution in [0.2, 0.25) is 10.4 Å². The first-order chi connectivity index (χ1) is 8.72. The molecule has 4 rings (SSSR count). The van der Waals surface area contributed by atoms with E-state index in [1.54, 1.807) is 0 Å². The van der Waals surface area contributed by atoms with Crippen LogP contribution >= 0.6 is 23.2 Å². The largest absolute Gasteiger partial charge is 0.312 e. The number of hydrogen-bond acceptors (Lipinski definition) is 3. The number of rotatable bonds is 1. The summed E-state index contributed by atoms with van der Waals surface area (Å²) in [6.07, 6.45) is 7.12. The minimum atomic E-state index is 0.192. The molecular formula is C12H12Cl2N4. The van der Waals surface area contributed by atoms with Crippen LogP contribution < -0.4 is 0 Å². The van der Waals surface area contributed by atoms with E-state index in [4.69, 9.17) is 23.2 Å². The predicted molar refractivity (Wildman–Crippen MR) is 69.8 cm³/mol. The topological polar surface area (TPSA) is 43.6 Å². The zero-order valence-corrected chi connectivity index (χ0v) is 11.2. The molecule has 2 heterocycles. The molecule has 4 nitrogen and oxygen atoms in total. The van der Waals surface area contributed by atoms with Crippen LogP contribution in [0.15, 0.2) is 6.33 Å². The lowest BCUT2D eigenvalue weighted by Gasteiger charge is -2.23. The van der Waals surface area contributed by atoms with Gasteiger partial charge in [0.1, 0.15) is 5.52 Å². The van der Waals surface area contributed by atoms with Gasteiger partial charge in [0.25, 0.3) is 0 Å². The predicted octanol–water partition coefficient (Wildman–Crippen LogP) is 3.49. The van der Waals surface area contributed by atoms with Crippen molar-refractivity contribution in [1.29, 1.82) is 0 Å². The maximum Gasteiger partial charge on any atom is 0.225 e. The molecule has 2 bridgehead atoms. The summed E-state index contributed by atoms with van der Waals surface area (Å²) in [5.74, 6) is 1.64. The second kappa shape index (κ2) is 3.81. The highest BCUT2D eigenvalue weighted by atomic mass is 35.5. The molecular weight excluding hydrogens is 271 g/mol. The maximum absolute atomic E-state index is 6.05. The molecule has 94 valence electrons. The molecule has 0 aliphatic heterocycles. The zero-order chi connectivity index (χ0) is 12.3. The van der Waals surface area contributed by atoms with E-state index >= 15 is 0 Å². The molecule has 2 aromatic heterocycles. The van der Waals surface area contributed by atoms with Crippen molar-refractivity contribution < 1.29 is 0 Å². The van der Waals surface area contributed by atoms with Crippen LogP contribution in [0.5, 0.6) is 0 Å². The molecule has 0 N–H and O–H groups in total. The first kappa shape index (κ1) is 11.0. The summed E-state index contributed by atoms with van der Waals surface area (Å²) in [6.45, 7) is 0. The third-order valence-corrected chi connectivity index (χ3v) is 4.84.